The molecule has 1 heterocycles. The lowest BCUT2D eigenvalue weighted by atomic mass is 10.1. The van der Waals surface area contributed by atoms with E-state index in [9.17, 15) is 4.79 Å². The lowest BCUT2D eigenvalue weighted by molar-refractivity contribution is -0.157. The Balaban J connectivity index is 2.35. The zero-order valence-corrected chi connectivity index (χ0v) is 11.3. The van der Waals surface area contributed by atoms with Crippen LogP contribution in [-0.2, 0) is 14.4 Å². The van der Waals surface area contributed by atoms with Gasteiger partial charge in [0.15, 0.2) is 0 Å². The third-order valence-electron chi connectivity index (χ3n) is 1.92. The molecule has 0 saturated heterocycles. The van der Waals surface area contributed by atoms with E-state index >= 15 is 0 Å². The van der Waals surface area contributed by atoms with Crippen molar-refractivity contribution in [1.29, 1.82) is 0 Å². The summed E-state index contributed by atoms with van der Waals surface area (Å²) in [5.74, 6) is -0.404. The van der Waals surface area contributed by atoms with Gasteiger partial charge >= 0.3 is 5.97 Å². The van der Waals surface area contributed by atoms with Crippen LogP contribution in [0.2, 0.25) is 0 Å². The number of nitrogens with two attached hydrogens (primary N) is 1. The van der Waals surface area contributed by atoms with Crippen LogP contribution in [0.3, 0.4) is 0 Å². The number of hydrogen-bond donors (Lipinski definition) is 1. The molecule has 1 aliphatic rings. The van der Waals surface area contributed by atoms with Gasteiger partial charge in [-0.05, 0) is 36.7 Å². The van der Waals surface area contributed by atoms with Crippen molar-refractivity contribution in [2.45, 2.75) is 51.4 Å². The molecule has 5 nitrogen and oxygen atoms in total. The predicted octanol–water partition coefficient (Wildman–Crippen LogP) is 1.54. The Labute approximate surface area is 103 Å². The van der Waals surface area contributed by atoms with Gasteiger partial charge in [-0.25, -0.2) is 0 Å². The number of halogens is 1. The van der Waals surface area contributed by atoms with Gasteiger partial charge in [-0.1, -0.05) is 5.16 Å². The summed E-state index contributed by atoms with van der Waals surface area (Å²) in [6.07, 6.45) is 0.918. The first-order valence-corrected chi connectivity index (χ1v) is 5.94. The third-order valence-corrected chi connectivity index (χ3v) is 2.39. The Morgan fingerprint density at radius 3 is 2.81 bits per heavy atom. The van der Waals surface area contributed by atoms with E-state index in [2.05, 4.69) is 21.1 Å². The molecular weight excluding hydrogens is 276 g/mol. The van der Waals surface area contributed by atoms with Gasteiger partial charge in [-0.15, -0.1) is 0 Å². The number of rotatable bonds is 3. The number of nitrogens with zero attached hydrogens (tertiary/aromatic N) is 1. The lowest BCUT2D eigenvalue weighted by Crippen LogP contribution is -2.39. The van der Waals surface area contributed by atoms with Gasteiger partial charge in [0.2, 0.25) is 0 Å². The van der Waals surface area contributed by atoms with Crippen LogP contribution < -0.4 is 5.73 Å². The van der Waals surface area contributed by atoms with E-state index in [1.165, 1.54) is 0 Å². The zero-order chi connectivity index (χ0) is 12.3. The smallest absolute Gasteiger partial charge is 0.323 e. The van der Waals surface area contributed by atoms with E-state index in [0.717, 1.165) is 4.62 Å². The molecule has 1 rings (SSSR count). The van der Waals surface area contributed by atoms with Gasteiger partial charge in [0.1, 0.15) is 22.4 Å². The van der Waals surface area contributed by atoms with E-state index in [-0.39, 0.29) is 6.10 Å². The quantitative estimate of drug-likeness (QED) is 0.801. The van der Waals surface area contributed by atoms with Gasteiger partial charge in [-0.2, -0.15) is 0 Å². The second-order valence-electron chi connectivity index (χ2n) is 4.77. The summed E-state index contributed by atoms with van der Waals surface area (Å²) in [7, 11) is 0. The summed E-state index contributed by atoms with van der Waals surface area (Å²) in [5, 5.41) is 3.73. The monoisotopic (exact) mass is 292 g/mol. The first-order chi connectivity index (χ1) is 7.28. The first-order valence-electron chi connectivity index (χ1n) is 5.14. The number of carbonyl (C=O) groups is 1. The number of carbonyl (C=O) groups excluding carboxylic acids is 1. The summed E-state index contributed by atoms with van der Waals surface area (Å²) >= 11 is 3.22. The molecule has 0 saturated carbocycles. The average molecular weight is 293 g/mol. The summed E-state index contributed by atoms with van der Waals surface area (Å²) < 4.78 is 5.91. The van der Waals surface area contributed by atoms with Gasteiger partial charge < -0.3 is 15.3 Å². The fourth-order valence-electron chi connectivity index (χ4n) is 1.28. The minimum Gasteiger partial charge on any atom is -0.459 e. The normalized spacial score (nSPS) is 22.3. The van der Waals surface area contributed by atoms with Crippen molar-refractivity contribution >= 4 is 26.5 Å². The van der Waals surface area contributed by atoms with Crippen LogP contribution in [0.5, 0.6) is 0 Å². The maximum absolute atomic E-state index is 11.6. The second-order valence-corrected chi connectivity index (χ2v) is 5.69. The second kappa shape index (κ2) is 5.14. The Hall–Kier alpha value is -0.620. The Morgan fingerprint density at radius 2 is 2.38 bits per heavy atom. The van der Waals surface area contributed by atoms with Crippen LogP contribution >= 0.6 is 15.9 Å². The summed E-state index contributed by atoms with van der Waals surface area (Å²) in [6.45, 7) is 5.43. The van der Waals surface area contributed by atoms with Crippen LogP contribution in [-0.4, -0.2) is 28.3 Å². The average Bonchev–Trinajstić information content (AvgIpc) is 2.48. The highest BCUT2D eigenvalue weighted by Crippen LogP contribution is 2.19. The molecule has 0 aromatic heterocycles. The van der Waals surface area contributed by atoms with E-state index < -0.39 is 17.6 Å². The first kappa shape index (κ1) is 13.4. The molecule has 0 aliphatic carbocycles. The van der Waals surface area contributed by atoms with Crippen molar-refractivity contribution in [2.75, 3.05) is 0 Å². The molecule has 0 amide bonds. The number of ether oxygens (including phenoxy) is 1. The number of hydrogen-bond acceptors (Lipinski definition) is 5. The minimum absolute atomic E-state index is 0.142. The maximum atomic E-state index is 11.6. The highest BCUT2D eigenvalue weighted by Gasteiger charge is 2.28. The molecule has 0 radical (unpaired) electrons. The molecule has 16 heavy (non-hydrogen) atoms. The molecule has 0 fully saturated rings. The van der Waals surface area contributed by atoms with Crippen LogP contribution in [0.15, 0.2) is 5.16 Å². The molecule has 1 aliphatic heterocycles. The fourth-order valence-corrected chi connectivity index (χ4v) is 1.72. The lowest BCUT2D eigenvalue weighted by Gasteiger charge is -2.22. The Morgan fingerprint density at radius 1 is 1.75 bits per heavy atom. The van der Waals surface area contributed by atoms with Gasteiger partial charge in [0.05, 0.1) is 0 Å². The van der Waals surface area contributed by atoms with Crippen molar-refractivity contribution in [3.63, 3.8) is 0 Å². The summed E-state index contributed by atoms with van der Waals surface area (Å²) in [6, 6.07) is -0.669. The predicted molar refractivity (Wildman–Crippen MR) is 64.3 cm³/mol. The van der Waals surface area contributed by atoms with Crippen molar-refractivity contribution in [3.05, 3.63) is 0 Å². The van der Waals surface area contributed by atoms with Gasteiger partial charge in [-0.3, -0.25) is 4.79 Å². The minimum atomic E-state index is -0.669. The molecule has 0 spiro atoms. The molecule has 0 aromatic carbocycles. The van der Waals surface area contributed by atoms with Crippen molar-refractivity contribution < 1.29 is 14.4 Å². The number of oxime groups is 1. The topological polar surface area (TPSA) is 73.9 Å². The zero-order valence-electron chi connectivity index (χ0n) is 9.70. The van der Waals surface area contributed by atoms with Crippen molar-refractivity contribution in [2.24, 2.45) is 10.9 Å². The molecular formula is C10H17BrN2O3. The van der Waals surface area contributed by atoms with Gasteiger partial charge in [0, 0.05) is 12.8 Å². The van der Waals surface area contributed by atoms with Crippen molar-refractivity contribution in [1.82, 2.24) is 0 Å². The van der Waals surface area contributed by atoms with Crippen molar-refractivity contribution in [3.8, 4) is 0 Å². The largest absolute Gasteiger partial charge is 0.459 e. The molecule has 6 heteroatoms. The SMILES string of the molecule is CC(C)(C)OC(=O)[C@H](N)C[C@H]1CC(Br)=NO1. The highest BCUT2D eigenvalue weighted by atomic mass is 79.9. The van der Waals surface area contributed by atoms with Crippen LogP contribution in [0.1, 0.15) is 33.6 Å². The van der Waals surface area contributed by atoms with Gasteiger partial charge in [0.25, 0.3) is 0 Å². The van der Waals surface area contributed by atoms with Crippen LogP contribution in [0, 0.1) is 0 Å². The van der Waals surface area contributed by atoms with E-state index in [0.29, 0.717) is 12.8 Å². The highest BCUT2D eigenvalue weighted by molar-refractivity contribution is 9.18. The standard InChI is InChI=1S/C10H17BrN2O3/c1-10(2,3)15-9(14)7(12)4-6-5-8(11)13-16-6/h6-7H,4-5,12H2,1-3H3/t6-,7+/m0/s1. The summed E-state index contributed by atoms with van der Waals surface area (Å²) in [4.78, 5) is 16.6. The molecule has 2 N–H and O–H groups in total. The summed E-state index contributed by atoms with van der Waals surface area (Å²) in [5.41, 5.74) is 5.22. The van der Waals surface area contributed by atoms with E-state index in [1.54, 1.807) is 0 Å². The number of esters is 1. The molecule has 0 aromatic rings. The van der Waals surface area contributed by atoms with E-state index in [1.807, 2.05) is 20.8 Å². The maximum Gasteiger partial charge on any atom is 0.323 e. The fraction of sp³-hybridized carbons (Fsp3) is 0.800. The molecule has 2 atom stereocenters. The van der Waals surface area contributed by atoms with Crippen LogP contribution in [0.4, 0.5) is 0 Å². The molecule has 92 valence electrons. The Kier molecular flexibility index (Phi) is 4.32. The molecule has 0 unspecified atom stereocenters. The molecule has 0 bridgehead atoms. The van der Waals surface area contributed by atoms with E-state index in [4.69, 9.17) is 15.3 Å². The third kappa shape index (κ3) is 4.49. The van der Waals surface area contributed by atoms with Crippen LogP contribution in [0.25, 0.3) is 0 Å². The Bertz CT molecular complexity index is 299.